The molecule has 1 aromatic heterocycles. The maximum atomic E-state index is 11.3. The molecule has 1 fully saturated rings. The predicted molar refractivity (Wildman–Crippen MR) is 77.6 cm³/mol. The SMILES string of the molecule is CN=C(NCC(=O)NC)N1CCC(c2cnn(C)c2)C1. The first-order chi connectivity index (χ1) is 9.63. The van der Waals surface area contributed by atoms with Crippen LogP contribution in [0.15, 0.2) is 17.4 Å². The van der Waals surface area contributed by atoms with E-state index in [1.54, 1.807) is 14.1 Å². The van der Waals surface area contributed by atoms with Crippen LogP contribution in [0.2, 0.25) is 0 Å². The second-order valence-electron chi connectivity index (χ2n) is 4.95. The second kappa shape index (κ2) is 6.40. The van der Waals surface area contributed by atoms with Crippen LogP contribution in [-0.2, 0) is 11.8 Å². The van der Waals surface area contributed by atoms with Crippen molar-refractivity contribution in [2.75, 3.05) is 33.7 Å². The average molecular weight is 278 g/mol. The molecule has 7 heteroatoms. The number of amides is 1. The zero-order valence-electron chi connectivity index (χ0n) is 12.3. The number of hydrogen-bond donors (Lipinski definition) is 2. The number of aryl methyl sites for hydroxylation is 1. The lowest BCUT2D eigenvalue weighted by Gasteiger charge is -2.21. The van der Waals surface area contributed by atoms with Gasteiger partial charge in [-0.2, -0.15) is 5.10 Å². The first-order valence-electron chi connectivity index (χ1n) is 6.78. The molecule has 0 aliphatic carbocycles. The van der Waals surface area contributed by atoms with Crippen LogP contribution in [0.1, 0.15) is 17.9 Å². The van der Waals surface area contributed by atoms with Crippen molar-refractivity contribution in [3.63, 3.8) is 0 Å². The van der Waals surface area contributed by atoms with Crippen molar-refractivity contribution in [2.45, 2.75) is 12.3 Å². The van der Waals surface area contributed by atoms with Crippen LogP contribution in [0.3, 0.4) is 0 Å². The zero-order valence-corrected chi connectivity index (χ0v) is 12.3. The quantitative estimate of drug-likeness (QED) is 0.579. The van der Waals surface area contributed by atoms with E-state index in [2.05, 4.69) is 31.8 Å². The van der Waals surface area contributed by atoms with Gasteiger partial charge in [0, 0.05) is 46.3 Å². The van der Waals surface area contributed by atoms with E-state index in [-0.39, 0.29) is 12.5 Å². The van der Waals surface area contributed by atoms with Gasteiger partial charge in [-0.25, -0.2) is 0 Å². The lowest BCUT2D eigenvalue weighted by atomic mass is 10.0. The molecule has 1 atom stereocenters. The molecule has 2 rings (SSSR count). The lowest BCUT2D eigenvalue weighted by Crippen LogP contribution is -2.44. The van der Waals surface area contributed by atoms with Crippen LogP contribution in [0.5, 0.6) is 0 Å². The molecular formula is C13H22N6O. The number of guanidine groups is 1. The largest absolute Gasteiger partial charge is 0.358 e. The molecule has 2 N–H and O–H groups in total. The van der Waals surface area contributed by atoms with Gasteiger partial charge in [0.1, 0.15) is 0 Å². The summed E-state index contributed by atoms with van der Waals surface area (Å²) in [7, 11) is 5.30. The van der Waals surface area contributed by atoms with Gasteiger partial charge in [-0.15, -0.1) is 0 Å². The van der Waals surface area contributed by atoms with Crippen LogP contribution >= 0.6 is 0 Å². The summed E-state index contributed by atoms with van der Waals surface area (Å²) >= 11 is 0. The maximum absolute atomic E-state index is 11.3. The summed E-state index contributed by atoms with van der Waals surface area (Å²) in [6, 6.07) is 0. The van der Waals surface area contributed by atoms with Crippen molar-refractivity contribution < 1.29 is 4.79 Å². The summed E-state index contributed by atoms with van der Waals surface area (Å²) in [6.45, 7) is 2.09. The highest BCUT2D eigenvalue weighted by molar-refractivity contribution is 5.86. The summed E-state index contributed by atoms with van der Waals surface area (Å²) in [5, 5.41) is 9.89. The molecule has 1 aromatic rings. The number of likely N-dealkylation sites (N-methyl/N-ethyl adjacent to an activating group) is 1. The van der Waals surface area contributed by atoms with Crippen LogP contribution in [0.25, 0.3) is 0 Å². The third-order valence-electron chi connectivity index (χ3n) is 3.58. The Kier molecular flexibility index (Phi) is 4.60. The molecule has 0 spiro atoms. The van der Waals surface area contributed by atoms with E-state index in [1.165, 1.54) is 5.56 Å². The molecule has 0 bridgehead atoms. The number of likely N-dealkylation sites (tertiary alicyclic amines) is 1. The molecule has 2 heterocycles. The molecule has 1 amide bonds. The normalized spacial score (nSPS) is 19.2. The van der Waals surface area contributed by atoms with Gasteiger partial charge in [-0.05, 0) is 12.0 Å². The number of aliphatic imine (C=N–C) groups is 1. The topological polar surface area (TPSA) is 74.6 Å². The molecule has 20 heavy (non-hydrogen) atoms. The monoisotopic (exact) mass is 278 g/mol. The van der Waals surface area contributed by atoms with E-state index in [0.29, 0.717) is 5.92 Å². The third kappa shape index (κ3) is 3.28. The fraction of sp³-hybridized carbons (Fsp3) is 0.615. The Hall–Kier alpha value is -2.05. The van der Waals surface area contributed by atoms with Crippen molar-refractivity contribution in [1.82, 2.24) is 25.3 Å². The summed E-state index contributed by atoms with van der Waals surface area (Å²) in [5.74, 6) is 1.20. The molecule has 0 radical (unpaired) electrons. The summed E-state index contributed by atoms with van der Waals surface area (Å²) in [6.07, 6.45) is 5.07. The molecule has 1 saturated heterocycles. The fourth-order valence-electron chi connectivity index (χ4n) is 2.46. The van der Waals surface area contributed by atoms with E-state index in [9.17, 15) is 4.79 Å². The molecular weight excluding hydrogens is 256 g/mol. The van der Waals surface area contributed by atoms with Gasteiger partial charge in [0.15, 0.2) is 5.96 Å². The Balaban J connectivity index is 1.92. The first kappa shape index (κ1) is 14.4. The van der Waals surface area contributed by atoms with E-state index in [1.807, 2.05) is 17.9 Å². The number of rotatable bonds is 3. The Morgan fingerprint density at radius 1 is 1.60 bits per heavy atom. The molecule has 0 saturated carbocycles. The van der Waals surface area contributed by atoms with Gasteiger partial charge < -0.3 is 15.5 Å². The standard InChI is InChI=1S/C13H22N6O/c1-14-12(20)7-16-13(15-2)19-5-4-10(9-19)11-6-17-18(3)8-11/h6,8,10H,4-5,7,9H2,1-3H3,(H,14,20)(H,15,16). The van der Waals surface area contributed by atoms with Gasteiger partial charge in [0.25, 0.3) is 0 Å². The number of aromatic nitrogens is 2. The minimum Gasteiger partial charge on any atom is -0.358 e. The Morgan fingerprint density at radius 3 is 3.00 bits per heavy atom. The lowest BCUT2D eigenvalue weighted by molar-refractivity contribution is -0.119. The second-order valence-corrected chi connectivity index (χ2v) is 4.95. The maximum Gasteiger partial charge on any atom is 0.239 e. The molecule has 110 valence electrons. The fourth-order valence-corrected chi connectivity index (χ4v) is 2.46. The first-order valence-corrected chi connectivity index (χ1v) is 6.78. The van der Waals surface area contributed by atoms with E-state index in [0.717, 1.165) is 25.5 Å². The highest BCUT2D eigenvalue weighted by Gasteiger charge is 2.26. The van der Waals surface area contributed by atoms with Crippen LogP contribution in [-0.4, -0.2) is 60.3 Å². The highest BCUT2D eigenvalue weighted by atomic mass is 16.1. The molecule has 1 aliphatic rings. The molecule has 1 unspecified atom stereocenters. The summed E-state index contributed by atoms with van der Waals surface area (Å²) in [4.78, 5) is 17.7. The van der Waals surface area contributed by atoms with Gasteiger partial charge in [0.05, 0.1) is 12.7 Å². The smallest absolute Gasteiger partial charge is 0.239 e. The number of carbonyl (C=O) groups excluding carboxylic acids is 1. The van der Waals surface area contributed by atoms with Gasteiger partial charge in [0.2, 0.25) is 5.91 Å². The number of hydrogen-bond acceptors (Lipinski definition) is 3. The number of nitrogens with one attached hydrogen (secondary N) is 2. The van der Waals surface area contributed by atoms with E-state index < -0.39 is 0 Å². The Labute approximate surface area is 119 Å². The number of nitrogens with zero attached hydrogens (tertiary/aromatic N) is 4. The van der Waals surface area contributed by atoms with E-state index in [4.69, 9.17) is 0 Å². The predicted octanol–water partition coefficient (Wildman–Crippen LogP) is -0.469. The summed E-state index contributed by atoms with van der Waals surface area (Å²) < 4.78 is 1.83. The van der Waals surface area contributed by atoms with Crippen molar-refractivity contribution >= 4 is 11.9 Å². The van der Waals surface area contributed by atoms with E-state index >= 15 is 0 Å². The van der Waals surface area contributed by atoms with Crippen molar-refractivity contribution in [3.05, 3.63) is 18.0 Å². The van der Waals surface area contributed by atoms with Gasteiger partial charge in [-0.1, -0.05) is 0 Å². The zero-order chi connectivity index (χ0) is 14.5. The minimum atomic E-state index is -0.0471. The van der Waals surface area contributed by atoms with Crippen molar-refractivity contribution in [3.8, 4) is 0 Å². The van der Waals surface area contributed by atoms with Crippen LogP contribution in [0.4, 0.5) is 0 Å². The molecule has 1 aliphatic heterocycles. The third-order valence-corrected chi connectivity index (χ3v) is 3.58. The van der Waals surface area contributed by atoms with Crippen molar-refractivity contribution in [2.24, 2.45) is 12.0 Å². The Bertz CT molecular complexity index is 495. The number of carbonyl (C=O) groups is 1. The molecule has 0 aromatic carbocycles. The highest BCUT2D eigenvalue weighted by Crippen LogP contribution is 2.26. The van der Waals surface area contributed by atoms with Crippen LogP contribution in [0, 0.1) is 0 Å². The molecule has 7 nitrogen and oxygen atoms in total. The Morgan fingerprint density at radius 2 is 2.40 bits per heavy atom. The summed E-state index contributed by atoms with van der Waals surface area (Å²) in [5.41, 5.74) is 1.26. The van der Waals surface area contributed by atoms with Crippen LogP contribution < -0.4 is 10.6 Å². The van der Waals surface area contributed by atoms with Crippen molar-refractivity contribution in [1.29, 1.82) is 0 Å². The van der Waals surface area contributed by atoms with Gasteiger partial charge >= 0.3 is 0 Å². The van der Waals surface area contributed by atoms with Gasteiger partial charge in [-0.3, -0.25) is 14.5 Å². The minimum absolute atomic E-state index is 0.0471. The average Bonchev–Trinajstić information content (AvgIpc) is 3.08.